The fraction of sp³-hybridized carbons (Fsp3) is 0.529. The third kappa shape index (κ3) is 4.27. The van der Waals surface area contributed by atoms with Crippen molar-refractivity contribution in [2.75, 3.05) is 5.75 Å². The highest BCUT2D eigenvalue weighted by Crippen LogP contribution is 2.39. The normalized spacial score (nSPS) is 13.7. The number of hydrazine groups is 1. The van der Waals surface area contributed by atoms with Gasteiger partial charge in [-0.2, -0.15) is 0 Å². The van der Waals surface area contributed by atoms with Crippen molar-refractivity contribution < 1.29 is 9.59 Å². The molecule has 1 saturated carbocycles. The van der Waals surface area contributed by atoms with Gasteiger partial charge in [-0.05, 0) is 44.7 Å². The number of thioether (sulfide) groups is 1. The van der Waals surface area contributed by atoms with E-state index < -0.39 is 0 Å². The summed E-state index contributed by atoms with van der Waals surface area (Å²) in [6.07, 6.45) is 3.22. The molecule has 2 aromatic heterocycles. The summed E-state index contributed by atoms with van der Waals surface area (Å²) >= 11 is 2.77. The Morgan fingerprint density at radius 3 is 2.69 bits per heavy atom. The van der Waals surface area contributed by atoms with E-state index in [0.717, 1.165) is 47.2 Å². The average molecular weight is 394 g/mol. The van der Waals surface area contributed by atoms with Crippen LogP contribution < -0.4 is 10.9 Å². The van der Waals surface area contributed by atoms with E-state index in [2.05, 4.69) is 32.5 Å². The lowest BCUT2D eigenvalue weighted by molar-refractivity contribution is -0.119. The standard InChI is InChI=1S/C17H23N5O2S2/c1-4-11-8-13(26-10(11)3)16(24)20-18-14(23)9-25-17-21-19-15(12-6-7-12)22(17)5-2/h8,12H,4-7,9H2,1-3H3,(H,18,23)(H,20,24). The number of hydrogen-bond donors (Lipinski definition) is 2. The Balaban J connectivity index is 1.49. The van der Waals surface area contributed by atoms with E-state index in [1.54, 1.807) is 0 Å². The Morgan fingerprint density at radius 1 is 1.31 bits per heavy atom. The molecule has 0 aliphatic heterocycles. The van der Waals surface area contributed by atoms with E-state index in [1.165, 1.54) is 23.1 Å². The molecule has 0 aromatic carbocycles. The van der Waals surface area contributed by atoms with E-state index in [-0.39, 0.29) is 17.6 Å². The van der Waals surface area contributed by atoms with Gasteiger partial charge in [-0.1, -0.05) is 18.7 Å². The van der Waals surface area contributed by atoms with Gasteiger partial charge < -0.3 is 4.57 Å². The Kier molecular flexibility index (Phi) is 5.98. The summed E-state index contributed by atoms with van der Waals surface area (Å²) in [7, 11) is 0. The molecule has 9 heteroatoms. The zero-order chi connectivity index (χ0) is 18.7. The highest BCUT2D eigenvalue weighted by Gasteiger charge is 2.30. The highest BCUT2D eigenvalue weighted by atomic mass is 32.2. The second-order valence-corrected chi connectivity index (χ2v) is 8.39. The van der Waals surface area contributed by atoms with Crippen molar-refractivity contribution in [3.05, 3.63) is 27.2 Å². The van der Waals surface area contributed by atoms with E-state index in [4.69, 9.17) is 0 Å². The molecule has 3 rings (SSSR count). The maximum atomic E-state index is 12.1. The first kappa shape index (κ1) is 18.9. The molecule has 0 spiro atoms. The van der Waals surface area contributed by atoms with Crippen LogP contribution in [-0.2, 0) is 17.8 Å². The average Bonchev–Trinajstić information content (AvgIpc) is 3.29. The summed E-state index contributed by atoms with van der Waals surface area (Å²) in [5, 5.41) is 9.19. The monoisotopic (exact) mass is 393 g/mol. The van der Waals surface area contributed by atoms with Crippen LogP contribution in [0.1, 0.15) is 58.5 Å². The maximum Gasteiger partial charge on any atom is 0.279 e. The van der Waals surface area contributed by atoms with Crippen LogP contribution in [0.25, 0.3) is 0 Å². The van der Waals surface area contributed by atoms with Crippen LogP contribution in [0.5, 0.6) is 0 Å². The number of nitrogens with one attached hydrogen (secondary N) is 2. The first-order valence-corrected chi connectivity index (χ1v) is 10.6. The largest absolute Gasteiger partial charge is 0.306 e. The minimum absolute atomic E-state index is 0.173. The van der Waals surface area contributed by atoms with Gasteiger partial charge in [0.05, 0.1) is 10.6 Å². The lowest BCUT2D eigenvalue weighted by atomic mass is 10.2. The van der Waals surface area contributed by atoms with Gasteiger partial charge in [-0.3, -0.25) is 20.4 Å². The number of carbonyl (C=O) groups is 2. The van der Waals surface area contributed by atoms with Crippen molar-refractivity contribution in [3.63, 3.8) is 0 Å². The Labute approximate surface area is 160 Å². The molecule has 2 N–H and O–H groups in total. The number of carbonyl (C=O) groups excluding carboxylic acids is 2. The number of hydrogen-bond acceptors (Lipinski definition) is 6. The van der Waals surface area contributed by atoms with Crippen molar-refractivity contribution in [1.29, 1.82) is 0 Å². The van der Waals surface area contributed by atoms with Gasteiger partial charge in [0.25, 0.3) is 5.91 Å². The molecule has 26 heavy (non-hydrogen) atoms. The predicted molar refractivity (Wildman–Crippen MR) is 102 cm³/mol. The molecule has 0 bridgehead atoms. The van der Waals surface area contributed by atoms with Crippen LogP contribution in [0, 0.1) is 6.92 Å². The van der Waals surface area contributed by atoms with Crippen LogP contribution in [0.3, 0.4) is 0 Å². The summed E-state index contributed by atoms with van der Waals surface area (Å²) < 4.78 is 2.06. The molecule has 2 aromatic rings. The summed E-state index contributed by atoms with van der Waals surface area (Å²) in [4.78, 5) is 25.9. The van der Waals surface area contributed by atoms with Gasteiger partial charge in [0, 0.05) is 17.3 Å². The molecular weight excluding hydrogens is 370 g/mol. The Hall–Kier alpha value is -1.87. The molecule has 0 atom stereocenters. The van der Waals surface area contributed by atoms with Crippen LogP contribution in [0.2, 0.25) is 0 Å². The molecule has 2 amide bonds. The predicted octanol–water partition coefficient (Wildman–Crippen LogP) is 2.66. The molecule has 0 radical (unpaired) electrons. The van der Waals surface area contributed by atoms with Gasteiger partial charge >= 0.3 is 0 Å². The number of rotatable bonds is 7. The second kappa shape index (κ2) is 8.22. The molecule has 0 saturated heterocycles. The SMILES string of the molecule is CCc1cc(C(=O)NNC(=O)CSc2nnc(C3CC3)n2CC)sc1C. The Morgan fingerprint density at radius 2 is 2.08 bits per heavy atom. The minimum atomic E-state index is -0.288. The first-order chi connectivity index (χ1) is 12.5. The first-order valence-electron chi connectivity index (χ1n) is 8.77. The van der Waals surface area contributed by atoms with E-state index in [0.29, 0.717) is 10.8 Å². The zero-order valence-corrected chi connectivity index (χ0v) is 16.8. The fourth-order valence-electron chi connectivity index (χ4n) is 2.68. The smallest absolute Gasteiger partial charge is 0.279 e. The van der Waals surface area contributed by atoms with Crippen LogP contribution in [-0.4, -0.2) is 32.3 Å². The zero-order valence-electron chi connectivity index (χ0n) is 15.2. The van der Waals surface area contributed by atoms with Gasteiger partial charge in [-0.15, -0.1) is 21.5 Å². The second-order valence-electron chi connectivity index (χ2n) is 6.20. The van der Waals surface area contributed by atoms with E-state index in [1.807, 2.05) is 19.9 Å². The molecule has 1 aliphatic carbocycles. The van der Waals surface area contributed by atoms with Gasteiger partial charge in [0.2, 0.25) is 5.91 Å². The highest BCUT2D eigenvalue weighted by molar-refractivity contribution is 7.99. The molecule has 7 nitrogen and oxygen atoms in total. The third-order valence-corrected chi connectivity index (χ3v) is 6.34. The van der Waals surface area contributed by atoms with Gasteiger partial charge in [0.1, 0.15) is 5.82 Å². The van der Waals surface area contributed by atoms with Crippen molar-refractivity contribution in [2.24, 2.45) is 0 Å². The van der Waals surface area contributed by atoms with Crippen molar-refractivity contribution >= 4 is 34.9 Å². The summed E-state index contributed by atoms with van der Waals surface area (Å²) in [5.74, 6) is 1.15. The van der Waals surface area contributed by atoms with E-state index >= 15 is 0 Å². The molecule has 1 aliphatic rings. The maximum absolute atomic E-state index is 12.1. The van der Waals surface area contributed by atoms with E-state index in [9.17, 15) is 9.59 Å². The number of aromatic nitrogens is 3. The molecule has 2 heterocycles. The summed E-state index contributed by atoms with van der Waals surface area (Å²) in [6.45, 7) is 6.89. The third-order valence-electron chi connectivity index (χ3n) is 4.28. The van der Waals surface area contributed by atoms with Gasteiger partial charge in [0.15, 0.2) is 5.16 Å². The molecule has 0 unspecified atom stereocenters. The quantitative estimate of drug-likeness (QED) is 0.558. The molecule has 140 valence electrons. The number of amides is 2. The lowest BCUT2D eigenvalue weighted by Crippen LogP contribution is -2.42. The summed E-state index contributed by atoms with van der Waals surface area (Å²) in [5.41, 5.74) is 6.10. The number of thiophene rings is 1. The lowest BCUT2D eigenvalue weighted by Gasteiger charge is -2.07. The number of aryl methyl sites for hydroxylation is 2. The van der Waals surface area contributed by atoms with Crippen LogP contribution in [0.15, 0.2) is 11.2 Å². The van der Waals surface area contributed by atoms with Gasteiger partial charge in [-0.25, -0.2) is 0 Å². The fourth-order valence-corrected chi connectivity index (χ4v) is 4.50. The molecular formula is C17H23N5O2S2. The van der Waals surface area contributed by atoms with Crippen molar-refractivity contribution in [3.8, 4) is 0 Å². The topological polar surface area (TPSA) is 88.9 Å². The molecule has 1 fully saturated rings. The van der Waals surface area contributed by atoms with Crippen LogP contribution >= 0.6 is 23.1 Å². The Bertz CT molecular complexity index is 810. The number of nitrogens with zero attached hydrogens (tertiary/aromatic N) is 3. The van der Waals surface area contributed by atoms with Crippen LogP contribution in [0.4, 0.5) is 0 Å². The minimum Gasteiger partial charge on any atom is -0.306 e. The summed E-state index contributed by atoms with van der Waals surface area (Å²) in [6, 6.07) is 1.87. The van der Waals surface area contributed by atoms with Crippen molar-refractivity contribution in [2.45, 2.75) is 57.7 Å². The van der Waals surface area contributed by atoms with Crippen molar-refractivity contribution in [1.82, 2.24) is 25.6 Å².